The number of rotatable bonds is 8. The molecule has 0 aliphatic heterocycles. The molecule has 5 nitrogen and oxygen atoms in total. The van der Waals surface area contributed by atoms with Gasteiger partial charge in [0.05, 0.1) is 11.4 Å². The lowest BCUT2D eigenvalue weighted by molar-refractivity contribution is 0.111. The van der Waals surface area contributed by atoms with E-state index in [-0.39, 0.29) is 5.82 Å². The van der Waals surface area contributed by atoms with Gasteiger partial charge < -0.3 is 10.6 Å². The fraction of sp³-hybridized carbons (Fsp3) is 0.421. The Hall–Kier alpha value is -2.50. The Morgan fingerprint density at radius 3 is 2.48 bits per heavy atom. The van der Waals surface area contributed by atoms with Crippen molar-refractivity contribution in [2.75, 3.05) is 17.2 Å². The average Bonchev–Trinajstić information content (AvgIpc) is 2.59. The Kier molecular flexibility index (Phi) is 5.58. The Balaban J connectivity index is 1.73. The quantitative estimate of drug-likeness (QED) is 0.713. The van der Waals surface area contributed by atoms with Gasteiger partial charge in [-0.15, -0.1) is 0 Å². The first-order valence-electron chi connectivity index (χ1n) is 8.65. The van der Waals surface area contributed by atoms with Gasteiger partial charge in [0.1, 0.15) is 6.67 Å². The van der Waals surface area contributed by atoms with Gasteiger partial charge in [-0.05, 0) is 36.8 Å². The van der Waals surface area contributed by atoms with Crippen molar-refractivity contribution in [3.05, 3.63) is 46.9 Å². The lowest BCUT2D eigenvalue weighted by Crippen LogP contribution is -2.22. The zero-order chi connectivity index (χ0) is 17.6. The van der Waals surface area contributed by atoms with Gasteiger partial charge in [-0.25, -0.2) is 14.4 Å². The third-order valence-corrected chi connectivity index (χ3v) is 4.64. The van der Waals surface area contributed by atoms with Crippen LogP contribution in [-0.4, -0.2) is 22.8 Å². The van der Waals surface area contributed by atoms with E-state index in [1.807, 2.05) is 19.1 Å². The van der Waals surface area contributed by atoms with E-state index in [9.17, 15) is 9.18 Å². The van der Waals surface area contributed by atoms with Gasteiger partial charge in [-0.1, -0.05) is 30.7 Å². The molecule has 0 bridgehead atoms. The number of aromatic nitrogens is 2. The first-order valence-corrected chi connectivity index (χ1v) is 8.65. The van der Waals surface area contributed by atoms with Gasteiger partial charge in [-0.2, -0.15) is 0 Å². The normalized spacial score (nSPS) is 14.0. The highest BCUT2D eigenvalue weighted by Crippen LogP contribution is 2.28. The molecule has 1 aliphatic rings. The van der Waals surface area contributed by atoms with Crippen LogP contribution >= 0.6 is 0 Å². The van der Waals surface area contributed by atoms with Crippen molar-refractivity contribution in [2.24, 2.45) is 5.92 Å². The third-order valence-electron chi connectivity index (χ3n) is 4.64. The Labute approximate surface area is 147 Å². The second-order valence-electron chi connectivity index (χ2n) is 6.49. The summed E-state index contributed by atoms with van der Waals surface area (Å²) < 4.78 is 12.6. The molecule has 6 heteroatoms. The summed E-state index contributed by atoms with van der Waals surface area (Å²) in [7, 11) is 0. The molecule has 3 rings (SSSR count). The van der Waals surface area contributed by atoms with Gasteiger partial charge in [0, 0.05) is 13.1 Å². The number of anilines is 2. The number of carbonyl (C=O) groups is 1. The minimum absolute atomic E-state index is 0.187. The summed E-state index contributed by atoms with van der Waals surface area (Å²) in [5.74, 6) is 1.53. The zero-order valence-corrected chi connectivity index (χ0v) is 14.4. The van der Waals surface area contributed by atoms with Crippen molar-refractivity contribution in [1.82, 2.24) is 9.97 Å². The third kappa shape index (κ3) is 4.32. The highest BCUT2D eigenvalue weighted by Gasteiger charge is 2.19. The molecule has 2 aromatic rings. The number of benzene rings is 1. The Bertz CT molecular complexity index is 729. The monoisotopic (exact) mass is 342 g/mol. The van der Waals surface area contributed by atoms with Crippen LogP contribution in [0.15, 0.2) is 24.3 Å². The highest BCUT2D eigenvalue weighted by molar-refractivity contribution is 5.74. The summed E-state index contributed by atoms with van der Waals surface area (Å²) in [6, 6.07) is 7.37. The van der Waals surface area contributed by atoms with E-state index in [0.29, 0.717) is 30.1 Å². The van der Waals surface area contributed by atoms with Crippen LogP contribution in [0.5, 0.6) is 0 Å². The maximum Gasteiger partial charge on any atom is 0.194 e. The van der Waals surface area contributed by atoms with Gasteiger partial charge >= 0.3 is 0 Å². The molecule has 0 radical (unpaired) electrons. The molecular weight excluding hydrogens is 319 g/mol. The maximum atomic E-state index is 12.6. The number of alkyl halides is 1. The highest BCUT2D eigenvalue weighted by atomic mass is 19.1. The van der Waals surface area contributed by atoms with Crippen molar-refractivity contribution in [3.63, 3.8) is 0 Å². The number of hydrogen-bond donors (Lipinski definition) is 2. The van der Waals surface area contributed by atoms with Crippen LogP contribution < -0.4 is 10.6 Å². The molecule has 1 aromatic heterocycles. The number of halogens is 1. The Morgan fingerprint density at radius 2 is 1.88 bits per heavy atom. The smallest absolute Gasteiger partial charge is 0.194 e. The van der Waals surface area contributed by atoms with E-state index in [4.69, 9.17) is 0 Å². The van der Waals surface area contributed by atoms with Gasteiger partial charge in [0.2, 0.25) is 0 Å². The largest absolute Gasteiger partial charge is 0.377 e. The van der Waals surface area contributed by atoms with Crippen LogP contribution in [0.1, 0.15) is 46.7 Å². The van der Waals surface area contributed by atoms with Gasteiger partial charge in [0.25, 0.3) is 0 Å². The van der Waals surface area contributed by atoms with Crippen LogP contribution in [0.4, 0.5) is 15.9 Å². The van der Waals surface area contributed by atoms with Crippen LogP contribution in [0.2, 0.25) is 0 Å². The van der Waals surface area contributed by atoms with E-state index < -0.39 is 6.67 Å². The van der Waals surface area contributed by atoms with Crippen molar-refractivity contribution < 1.29 is 9.18 Å². The number of hydrogen-bond acceptors (Lipinski definition) is 5. The second kappa shape index (κ2) is 8.05. The molecule has 0 amide bonds. The number of nitrogens with zero attached hydrogens (tertiary/aromatic N) is 2. The number of aldehydes is 1. The molecule has 1 aliphatic carbocycles. The number of aryl methyl sites for hydroxylation is 1. The summed E-state index contributed by atoms with van der Waals surface area (Å²) in [5, 5.41) is 6.71. The van der Waals surface area contributed by atoms with Crippen LogP contribution in [0, 0.1) is 12.8 Å². The molecule has 132 valence electrons. The minimum Gasteiger partial charge on any atom is -0.377 e. The van der Waals surface area contributed by atoms with E-state index in [1.165, 1.54) is 19.3 Å². The molecular formula is C19H23FN4O. The SMILES string of the molecule is Cc1nc(C=O)nc(NCC2CCC2)c1NCc1ccc(CF)cc1. The molecule has 1 heterocycles. The van der Waals surface area contributed by atoms with E-state index in [0.717, 1.165) is 23.5 Å². The predicted octanol–water partition coefficient (Wildman–Crippen LogP) is 3.89. The summed E-state index contributed by atoms with van der Waals surface area (Å²) >= 11 is 0. The van der Waals surface area contributed by atoms with Crippen molar-refractivity contribution in [3.8, 4) is 0 Å². The van der Waals surface area contributed by atoms with Crippen molar-refractivity contribution in [1.29, 1.82) is 0 Å². The standard InChI is InChI=1S/C19H23FN4O/c1-13-18(21-10-16-7-5-14(9-20)6-8-16)19(24-17(12-25)23-13)22-11-15-3-2-4-15/h5-8,12,15,21H,2-4,9-11H2,1H3,(H,22,23,24). The summed E-state index contributed by atoms with van der Waals surface area (Å²) in [5.41, 5.74) is 3.25. The lowest BCUT2D eigenvalue weighted by atomic mass is 9.85. The maximum absolute atomic E-state index is 12.6. The van der Waals surface area contributed by atoms with E-state index >= 15 is 0 Å². The fourth-order valence-electron chi connectivity index (χ4n) is 2.86. The van der Waals surface area contributed by atoms with Gasteiger partial charge in [0.15, 0.2) is 17.9 Å². The molecule has 1 fully saturated rings. The minimum atomic E-state index is -0.455. The number of nitrogens with one attached hydrogen (secondary N) is 2. The summed E-state index contributed by atoms with van der Waals surface area (Å²) in [6.45, 7) is 2.84. The van der Waals surface area contributed by atoms with Gasteiger partial charge in [-0.3, -0.25) is 4.79 Å². The first kappa shape index (κ1) is 17.3. The first-order chi connectivity index (χ1) is 12.2. The predicted molar refractivity (Wildman–Crippen MR) is 96.6 cm³/mol. The molecule has 2 N–H and O–H groups in total. The molecule has 0 saturated heterocycles. The molecule has 0 spiro atoms. The topological polar surface area (TPSA) is 66.9 Å². The molecule has 0 unspecified atom stereocenters. The molecule has 1 saturated carbocycles. The van der Waals surface area contributed by atoms with Crippen molar-refractivity contribution >= 4 is 17.8 Å². The number of carbonyl (C=O) groups excluding carboxylic acids is 1. The molecule has 1 aromatic carbocycles. The summed E-state index contributed by atoms with van der Waals surface area (Å²) in [6.07, 6.45) is 4.43. The summed E-state index contributed by atoms with van der Waals surface area (Å²) in [4.78, 5) is 19.6. The van der Waals surface area contributed by atoms with E-state index in [1.54, 1.807) is 12.1 Å². The molecule has 0 atom stereocenters. The average molecular weight is 342 g/mol. The van der Waals surface area contributed by atoms with Crippen LogP contribution in [0.3, 0.4) is 0 Å². The lowest BCUT2D eigenvalue weighted by Gasteiger charge is -2.26. The van der Waals surface area contributed by atoms with E-state index in [2.05, 4.69) is 20.6 Å². The van der Waals surface area contributed by atoms with Crippen LogP contribution in [0.25, 0.3) is 0 Å². The fourth-order valence-corrected chi connectivity index (χ4v) is 2.86. The van der Waals surface area contributed by atoms with Crippen molar-refractivity contribution in [2.45, 2.75) is 39.4 Å². The molecule has 25 heavy (non-hydrogen) atoms. The van der Waals surface area contributed by atoms with Crippen LogP contribution in [-0.2, 0) is 13.2 Å². The second-order valence-corrected chi connectivity index (χ2v) is 6.49. The Morgan fingerprint density at radius 1 is 1.16 bits per heavy atom. The zero-order valence-electron chi connectivity index (χ0n) is 14.4.